The fraction of sp³-hybridized carbons (Fsp3) is 0.0417. The van der Waals surface area contributed by atoms with Crippen molar-refractivity contribution in [3.63, 3.8) is 0 Å². The first-order valence-electron chi connectivity index (χ1n) is 9.42. The van der Waals surface area contributed by atoms with Crippen LogP contribution in [0.5, 0.6) is 0 Å². The van der Waals surface area contributed by atoms with Crippen LogP contribution in [0.4, 0.5) is 5.69 Å². The van der Waals surface area contributed by atoms with Crippen molar-refractivity contribution in [2.75, 3.05) is 5.32 Å². The first kappa shape index (κ1) is 21.2. The van der Waals surface area contributed by atoms with Crippen LogP contribution in [0.15, 0.2) is 82.0 Å². The normalized spacial score (nSPS) is 10.6. The van der Waals surface area contributed by atoms with E-state index in [9.17, 15) is 9.59 Å². The third-order valence-corrected chi connectivity index (χ3v) is 5.69. The van der Waals surface area contributed by atoms with Crippen molar-refractivity contribution in [1.82, 2.24) is 5.32 Å². The molecule has 0 saturated heterocycles. The van der Waals surface area contributed by atoms with Gasteiger partial charge in [0.25, 0.3) is 5.91 Å². The van der Waals surface area contributed by atoms with E-state index in [1.807, 2.05) is 61.5 Å². The zero-order valence-corrected chi connectivity index (χ0v) is 19.4. The summed E-state index contributed by atoms with van der Waals surface area (Å²) >= 11 is 7.50. The summed E-state index contributed by atoms with van der Waals surface area (Å²) in [4.78, 5) is 24.9. The molecule has 7 heteroatoms. The molecule has 3 aromatic carbocycles. The summed E-state index contributed by atoms with van der Waals surface area (Å²) in [6.07, 6.45) is 0. The molecule has 154 valence electrons. The maximum atomic E-state index is 12.5. The molecule has 0 spiro atoms. The van der Waals surface area contributed by atoms with E-state index < -0.39 is 5.63 Å². The Morgan fingerprint density at radius 2 is 1.74 bits per heavy atom. The summed E-state index contributed by atoms with van der Waals surface area (Å²) in [6, 6.07) is 21.9. The second-order valence-electron chi connectivity index (χ2n) is 6.93. The van der Waals surface area contributed by atoms with Crippen LogP contribution < -0.4 is 16.3 Å². The second kappa shape index (κ2) is 8.99. The topological polar surface area (TPSA) is 71.3 Å². The van der Waals surface area contributed by atoms with E-state index in [0.29, 0.717) is 28.0 Å². The number of fused-ring (bicyclic) bond motifs is 1. The standard InChI is InChI=1S/C24H17IN2O3S/c1-14-6-7-16(19-12-17-4-2-3-5-21(17)30-23(19)29)13-20(14)26-24(31)27-22(28)15-8-10-18(25)11-9-15/h2-13H,1H3,(H2,26,27,28,31). The lowest BCUT2D eigenvalue weighted by atomic mass is 10.0. The number of para-hydroxylation sites is 1. The predicted octanol–water partition coefficient (Wildman–Crippen LogP) is 5.50. The number of amides is 1. The molecule has 0 bridgehead atoms. The lowest BCUT2D eigenvalue weighted by Gasteiger charge is -2.13. The lowest BCUT2D eigenvalue weighted by Crippen LogP contribution is -2.34. The first-order valence-corrected chi connectivity index (χ1v) is 10.9. The van der Waals surface area contributed by atoms with Gasteiger partial charge in [-0.15, -0.1) is 0 Å². The Bertz CT molecular complexity index is 1360. The van der Waals surface area contributed by atoms with Gasteiger partial charge in [-0.25, -0.2) is 4.79 Å². The van der Waals surface area contributed by atoms with Crippen LogP contribution in [-0.4, -0.2) is 11.0 Å². The molecule has 0 aliphatic carbocycles. The van der Waals surface area contributed by atoms with Gasteiger partial charge in [0.05, 0.1) is 5.56 Å². The van der Waals surface area contributed by atoms with Gasteiger partial charge < -0.3 is 9.73 Å². The van der Waals surface area contributed by atoms with Gasteiger partial charge in [-0.05, 0) is 95.3 Å². The average Bonchev–Trinajstić information content (AvgIpc) is 2.75. The monoisotopic (exact) mass is 540 g/mol. The number of halogens is 1. The number of aryl methyl sites for hydroxylation is 1. The highest BCUT2D eigenvalue weighted by atomic mass is 127. The van der Waals surface area contributed by atoms with Crippen molar-refractivity contribution >= 4 is 62.5 Å². The van der Waals surface area contributed by atoms with E-state index in [2.05, 4.69) is 33.2 Å². The van der Waals surface area contributed by atoms with E-state index in [-0.39, 0.29) is 11.0 Å². The highest BCUT2D eigenvalue weighted by molar-refractivity contribution is 14.1. The van der Waals surface area contributed by atoms with Crippen LogP contribution in [0.2, 0.25) is 0 Å². The van der Waals surface area contributed by atoms with Crippen LogP contribution in [0.25, 0.3) is 22.1 Å². The number of rotatable bonds is 3. The zero-order chi connectivity index (χ0) is 22.0. The highest BCUT2D eigenvalue weighted by Crippen LogP contribution is 2.26. The Labute approximate surface area is 197 Å². The molecule has 0 radical (unpaired) electrons. The van der Waals surface area contributed by atoms with Crippen molar-refractivity contribution < 1.29 is 9.21 Å². The van der Waals surface area contributed by atoms with Crippen molar-refractivity contribution in [2.45, 2.75) is 6.92 Å². The third kappa shape index (κ3) is 4.83. The van der Waals surface area contributed by atoms with Gasteiger partial charge in [0, 0.05) is 20.2 Å². The van der Waals surface area contributed by atoms with Crippen molar-refractivity contribution in [3.8, 4) is 11.1 Å². The van der Waals surface area contributed by atoms with Gasteiger partial charge in [0.2, 0.25) is 0 Å². The number of hydrogen-bond acceptors (Lipinski definition) is 4. The molecular formula is C24H17IN2O3S. The van der Waals surface area contributed by atoms with E-state index >= 15 is 0 Å². The molecule has 4 aromatic rings. The van der Waals surface area contributed by atoms with Gasteiger partial charge in [0.1, 0.15) is 5.58 Å². The summed E-state index contributed by atoms with van der Waals surface area (Å²) in [5.74, 6) is -0.294. The Hall–Kier alpha value is -3.04. The molecule has 31 heavy (non-hydrogen) atoms. The molecular weight excluding hydrogens is 523 g/mol. The van der Waals surface area contributed by atoms with Gasteiger partial charge in [-0.3, -0.25) is 10.1 Å². The smallest absolute Gasteiger partial charge is 0.344 e. The third-order valence-electron chi connectivity index (χ3n) is 4.77. The molecule has 0 saturated carbocycles. The number of hydrogen-bond donors (Lipinski definition) is 2. The van der Waals surface area contributed by atoms with Crippen molar-refractivity contribution in [1.29, 1.82) is 0 Å². The van der Waals surface area contributed by atoms with Crippen LogP contribution in [0.3, 0.4) is 0 Å². The SMILES string of the molecule is Cc1ccc(-c2cc3ccccc3oc2=O)cc1NC(=S)NC(=O)c1ccc(I)cc1. The number of anilines is 1. The number of benzene rings is 3. The minimum absolute atomic E-state index is 0.175. The van der Waals surface area contributed by atoms with E-state index in [4.69, 9.17) is 16.6 Å². The summed E-state index contributed by atoms with van der Waals surface area (Å²) in [5.41, 5.74) is 3.40. The summed E-state index contributed by atoms with van der Waals surface area (Å²) < 4.78 is 6.49. The fourth-order valence-electron chi connectivity index (χ4n) is 3.12. The molecule has 0 fully saturated rings. The van der Waals surface area contributed by atoms with Crippen molar-refractivity contribution in [3.05, 3.63) is 97.9 Å². The summed E-state index contributed by atoms with van der Waals surface area (Å²) in [7, 11) is 0. The van der Waals surface area contributed by atoms with Gasteiger partial charge in [-0.1, -0.05) is 30.3 Å². The first-order chi connectivity index (χ1) is 14.9. The molecule has 0 aliphatic rings. The zero-order valence-electron chi connectivity index (χ0n) is 16.4. The summed E-state index contributed by atoms with van der Waals surface area (Å²) in [6.45, 7) is 1.92. The van der Waals surface area contributed by atoms with Crippen LogP contribution in [0, 0.1) is 10.5 Å². The number of carbonyl (C=O) groups excluding carboxylic acids is 1. The van der Waals surface area contributed by atoms with E-state index in [1.165, 1.54) is 0 Å². The number of carbonyl (C=O) groups is 1. The molecule has 4 rings (SSSR count). The van der Waals surface area contributed by atoms with E-state index in [1.54, 1.807) is 18.2 Å². The van der Waals surface area contributed by atoms with E-state index in [0.717, 1.165) is 14.5 Å². The van der Waals surface area contributed by atoms with Crippen LogP contribution in [0.1, 0.15) is 15.9 Å². The molecule has 1 aromatic heterocycles. The predicted molar refractivity (Wildman–Crippen MR) is 136 cm³/mol. The molecule has 0 atom stereocenters. The average molecular weight is 540 g/mol. The summed E-state index contributed by atoms with van der Waals surface area (Å²) in [5, 5.41) is 6.75. The molecule has 1 amide bonds. The van der Waals surface area contributed by atoms with Crippen LogP contribution in [-0.2, 0) is 0 Å². The maximum absolute atomic E-state index is 12.5. The van der Waals surface area contributed by atoms with Crippen molar-refractivity contribution in [2.24, 2.45) is 0 Å². The molecule has 2 N–H and O–H groups in total. The maximum Gasteiger partial charge on any atom is 0.344 e. The van der Waals surface area contributed by atoms with Gasteiger partial charge >= 0.3 is 5.63 Å². The lowest BCUT2D eigenvalue weighted by molar-refractivity contribution is 0.0977. The largest absolute Gasteiger partial charge is 0.422 e. The number of thiocarbonyl (C=S) groups is 1. The Kier molecular flexibility index (Phi) is 6.15. The minimum atomic E-state index is -0.414. The minimum Gasteiger partial charge on any atom is -0.422 e. The second-order valence-corrected chi connectivity index (χ2v) is 8.58. The quantitative estimate of drug-likeness (QED) is 0.204. The molecule has 5 nitrogen and oxygen atoms in total. The highest BCUT2D eigenvalue weighted by Gasteiger charge is 2.12. The Morgan fingerprint density at radius 3 is 2.52 bits per heavy atom. The fourth-order valence-corrected chi connectivity index (χ4v) is 3.68. The van der Waals surface area contributed by atoms with Gasteiger partial charge in [0.15, 0.2) is 5.11 Å². The Morgan fingerprint density at radius 1 is 1.00 bits per heavy atom. The van der Waals surface area contributed by atoms with Crippen LogP contribution >= 0.6 is 34.8 Å². The van der Waals surface area contributed by atoms with Gasteiger partial charge in [-0.2, -0.15) is 0 Å². The molecule has 0 aliphatic heterocycles. The molecule has 1 heterocycles. The number of nitrogens with one attached hydrogen (secondary N) is 2. The Balaban J connectivity index is 1.57. The molecule has 0 unspecified atom stereocenters.